The van der Waals surface area contributed by atoms with Crippen molar-refractivity contribution in [3.8, 4) is 0 Å². The van der Waals surface area contributed by atoms with Gasteiger partial charge >= 0.3 is 0 Å². The summed E-state index contributed by atoms with van der Waals surface area (Å²) in [6.07, 6.45) is 3.66. The first-order valence-corrected chi connectivity index (χ1v) is 6.76. The zero-order chi connectivity index (χ0) is 13.4. The number of aryl methyl sites for hydroxylation is 4. The molecule has 1 aliphatic carbocycles. The number of benzene rings is 1. The van der Waals surface area contributed by atoms with E-state index in [2.05, 4.69) is 28.5 Å². The number of nitrogens with zero attached hydrogens (tertiary/aromatic N) is 1. The van der Waals surface area contributed by atoms with E-state index in [0.717, 1.165) is 28.5 Å². The maximum absolute atomic E-state index is 6.09. The van der Waals surface area contributed by atoms with Crippen molar-refractivity contribution >= 4 is 17.2 Å². The van der Waals surface area contributed by atoms with E-state index >= 15 is 0 Å². The van der Waals surface area contributed by atoms with E-state index in [1.165, 1.54) is 30.4 Å². The molecule has 1 aromatic carbocycles. The lowest BCUT2D eigenvalue weighted by Gasteiger charge is -2.12. The number of aromatic nitrogens is 1. The number of nitrogen functional groups attached to an aromatic ring is 1. The third kappa shape index (κ3) is 2.28. The van der Waals surface area contributed by atoms with E-state index in [1.54, 1.807) is 0 Å². The van der Waals surface area contributed by atoms with E-state index in [1.807, 2.05) is 19.9 Å². The molecule has 0 aliphatic heterocycles. The fourth-order valence-electron chi connectivity index (χ4n) is 2.73. The van der Waals surface area contributed by atoms with Gasteiger partial charge in [0.25, 0.3) is 0 Å². The standard InChI is InChI=1S/C16H19N3/c1-10-8-11(2)18-16(15(10)17)19-14-7-6-12-4-3-5-13(12)9-14/h6-9H,3-5,17H2,1-2H3,(H,18,19). The Balaban J connectivity index is 1.93. The smallest absolute Gasteiger partial charge is 0.154 e. The molecule has 0 amide bonds. The van der Waals surface area contributed by atoms with Crippen molar-refractivity contribution in [2.75, 3.05) is 11.1 Å². The first kappa shape index (κ1) is 12.0. The fourth-order valence-corrected chi connectivity index (χ4v) is 2.73. The summed E-state index contributed by atoms with van der Waals surface area (Å²) in [7, 11) is 0. The van der Waals surface area contributed by atoms with Gasteiger partial charge in [0.15, 0.2) is 5.82 Å². The Morgan fingerprint density at radius 2 is 1.89 bits per heavy atom. The SMILES string of the molecule is Cc1cc(C)c(N)c(Nc2ccc3c(c2)CCC3)n1. The summed E-state index contributed by atoms with van der Waals surface area (Å²) in [4.78, 5) is 4.49. The van der Waals surface area contributed by atoms with Crippen LogP contribution in [-0.4, -0.2) is 4.98 Å². The molecule has 3 nitrogen and oxygen atoms in total. The molecule has 0 saturated heterocycles. The molecule has 0 fully saturated rings. The van der Waals surface area contributed by atoms with Crippen molar-refractivity contribution in [3.05, 3.63) is 46.6 Å². The van der Waals surface area contributed by atoms with Crippen molar-refractivity contribution in [1.82, 2.24) is 4.98 Å². The van der Waals surface area contributed by atoms with Gasteiger partial charge in [0.1, 0.15) is 0 Å². The highest BCUT2D eigenvalue weighted by molar-refractivity contribution is 5.72. The molecule has 0 saturated carbocycles. The van der Waals surface area contributed by atoms with Gasteiger partial charge in [-0.3, -0.25) is 0 Å². The van der Waals surface area contributed by atoms with Gasteiger partial charge in [-0.1, -0.05) is 6.07 Å². The van der Waals surface area contributed by atoms with Gasteiger partial charge < -0.3 is 11.1 Å². The van der Waals surface area contributed by atoms with Crippen LogP contribution in [0.5, 0.6) is 0 Å². The number of nitrogens with two attached hydrogens (primary N) is 1. The van der Waals surface area contributed by atoms with Gasteiger partial charge in [-0.25, -0.2) is 4.98 Å². The van der Waals surface area contributed by atoms with E-state index in [0.29, 0.717) is 0 Å². The molecule has 1 heterocycles. The van der Waals surface area contributed by atoms with Crippen LogP contribution in [-0.2, 0) is 12.8 Å². The lowest BCUT2D eigenvalue weighted by Crippen LogP contribution is -2.03. The molecular weight excluding hydrogens is 234 g/mol. The van der Waals surface area contributed by atoms with Crippen LogP contribution in [0.4, 0.5) is 17.2 Å². The van der Waals surface area contributed by atoms with Crippen LogP contribution in [0.1, 0.15) is 28.8 Å². The Morgan fingerprint density at radius 3 is 2.74 bits per heavy atom. The van der Waals surface area contributed by atoms with Crippen LogP contribution in [0.3, 0.4) is 0 Å². The van der Waals surface area contributed by atoms with Crippen molar-refractivity contribution in [1.29, 1.82) is 0 Å². The predicted octanol–water partition coefficient (Wildman–Crippen LogP) is 3.51. The predicted molar refractivity (Wildman–Crippen MR) is 79.9 cm³/mol. The number of pyridine rings is 1. The van der Waals surface area contributed by atoms with Crippen molar-refractivity contribution in [2.45, 2.75) is 33.1 Å². The van der Waals surface area contributed by atoms with E-state index in [4.69, 9.17) is 5.73 Å². The summed E-state index contributed by atoms with van der Waals surface area (Å²) < 4.78 is 0. The Labute approximate surface area is 113 Å². The average molecular weight is 253 g/mol. The lowest BCUT2D eigenvalue weighted by molar-refractivity contribution is 0.912. The van der Waals surface area contributed by atoms with Gasteiger partial charge in [0.05, 0.1) is 5.69 Å². The van der Waals surface area contributed by atoms with Gasteiger partial charge in [-0.15, -0.1) is 0 Å². The van der Waals surface area contributed by atoms with E-state index in [-0.39, 0.29) is 0 Å². The molecular formula is C16H19N3. The molecule has 0 spiro atoms. The maximum Gasteiger partial charge on any atom is 0.154 e. The summed E-state index contributed by atoms with van der Waals surface area (Å²) >= 11 is 0. The molecule has 0 radical (unpaired) electrons. The molecule has 0 atom stereocenters. The summed E-state index contributed by atoms with van der Waals surface area (Å²) in [5.41, 5.74) is 12.9. The highest BCUT2D eigenvalue weighted by Gasteiger charge is 2.12. The molecule has 3 N–H and O–H groups in total. The third-order valence-corrected chi connectivity index (χ3v) is 3.75. The summed E-state index contributed by atoms with van der Waals surface area (Å²) in [5.74, 6) is 0.760. The number of fused-ring (bicyclic) bond motifs is 1. The van der Waals surface area contributed by atoms with Gasteiger partial charge in [-0.2, -0.15) is 0 Å². The Kier molecular flexibility index (Phi) is 2.90. The second-order valence-electron chi connectivity index (χ2n) is 5.30. The molecule has 0 bridgehead atoms. The normalized spacial score (nSPS) is 13.4. The molecule has 3 rings (SSSR count). The first-order chi connectivity index (χ1) is 9.13. The Morgan fingerprint density at radius 1 is 1.11 bits per heavy atom. The minimum atomic E-state index is 0.728. The summed E-state index contributed by atoms with van der Waals surface area (Å²) in [5, 5.41) is 3.35. The summed E-state index contributed by atoms with van der Waals surface area (Å²) in [6.45, 7) is 4.00. The quantitative estimate of drug-likeness (QED) is 0.861. The topological polar surface area (TPSA) is 50.9 Å². The zero-order valence-electron chi connectivity index (χ0n) is 11.5. The van der Waals surface area contributed by atoms with E-state index in [9.17, 15) is 0 Å². The largest absolute Gasteiger partial charge is 0.396 e. The van der Waals surface area contributed by atoms with Crippen molar-refractivity contribution < 1.29 is 0 Å². The number of anilines is 3. The third-order valence-electron chi connectivity index (χ3n) is 3.75. The molecule has 1 aliphatic rings. The van der Waals surface area contributed by atoms with Crippen LogP contribution < -0.4 is 11.1 Å². The molecule has 0 unspecified atom stereocenters. The number of hydrogen-bond donors (Lipinski definition) is 2. The van der Waals surface area contributed by atoms with Crippen LogP contribution in [0.15, 0.2) is 24.3 Å². The highest BCUT2D eigenvalue weighted by atomic mass is 15.0. The average Bonchev–Trinajstić information content (AvgIpc) is 2.82. The second kappa shape index (κ2) is 4.57. The van der Waals surface area contributed by atoms with Crippen LogP contribution in [0.2, 0.25) is 0 Å². The minimum absolute atomic E-state index is 0.728. The fraction of sp³-hybridized carbons (Fsp3) is 0.312. The van der Waals surface area contributed by atoms with Gasteiger partial charge in [0.2, 0.25) is 0 Å². The first-order valence-electron chi connectivity index (χ1n) is 6.76. The number of hydrogen-bond acceptors (Lipinski definition) is 3. The minimum Gasteiger partial charge on any atom is -0.396 e. The summed E-state index contributed by atoms with van der Waals surface area (Å²) in [6, 6.07) is 8.55. The van der Waals surface area contributed by atoms with Crippen molar-refractivity contribution in [2.24, 2.45) is 0 Å². The highest BCUT2D eigenvalue weighted by Crippen LogP contribution is 2.28. The Bertz CT molecular complexity index is 632. The Hall–Kier alpha value is -2.03. The molecule has 3 heteroatoms. The van der Waals surface area contributed by atoms with Gasteiger partial charge in [-0.05, 0) is 68.0 Å². The van der Waals surface area contributed by atoms with E-state index < -0.39 is 0 Å². The van der Waals surface area contributed by atoms with Crippen LogP contribution in [0, 0.1) is 13.8 Å². The molecule has 1 aromatic heterocycles. The van der Waals surface area contributed by atoms with Crippen LogP contribution >= 0.6 is 0 Å². The maximum atomic E-state index is 6.09. The lowest BCUT2D eigenvalue weighted by atomic mass is 10.1. The molecule has 2 aromatic rings. The zero-order valence-corrected chi connectivity index (χ0v) is 11.5. The van der Waals surface area contributed by atoms with Crippen molar-refractivity contribution in [3.63, 3.8) is 0 Å². The number of rotatable bonds is 2. The van der Waals surface area contributed by atoms with Gasteiger partial charge in [0, 0.05) is 11.4 Å². The van der Waals surface area contributed by atoms with Crippen LogP contribution in [0.25, 0.3) is 0 Å². The monoisotopic (exact) mass is 253 g/mol. The number of nitrogens with one attached hydrogen (secondary N) is 1. The molecule has 19 heavy (non-hydrogen) atoms. The second-order valence-corrected chi connectivity index (χ2v) is 5.30. The molecule has 98 valence electrons.